The molecule has 0 aliphatic rings. The Morgan fingerprint density at radius 3 is 3.00 bits per heavy atom. The summed E-state index contributed by atoms with van der Waals surface area (Å²) in [5.74, 6) is 0.220. The fourth-order valence-corrected chi connectivity index (χ4v) is 0.810. The Morgan fingerprint density at radius 1 is 1.46 bits per heavy atom. The maximum atomic E-state index is 10.2. The van der Waals surface area contributed by atoms with Crippen LogP contribution in [0.3, 0.4) is 0 Å². The molecule has 0 saturated heterocycles. The molecule has 0 fully saturated rings. The zero-order valence-electron chi connectivity index (χ0n) is 6.41. The summed E-state index contributed by atoms with van der Waals surface area (Å²) in [6, 6.07) is 1.62. The van der Waals surface area contributed by atoms with E-state index in [1.165, 1.54) is 6.33 Å². The first-order valence-corrected chi connectivity index (χ1v) is 3.45. The Bertz CT molecular complexity index is 411. The van der Waals surface area contributed by atoms with Crippen molar-refractivity contribution in [1.82, 2.24) is 20.1 Å². The third-order valence-electron chi connectivity index (χ3n) is 1.35. The monoisotopic (exact) mass is 176 g/mol. The lowest BCUT2D eigenvalue weighted by molar-refractivity contribution is 0.108. The Hall–Kier alpha value is -2.11. The molecule has 2 aromatic heterocycles. The van der Waals surface area contributed by atoms with Gasteiger partial charge in [0.2, 0.25) is 12.1 Å². The average Bonchev–Trinajstić information content (AvgIpc) is 2.67. The van der Waals surface area contributed by atoms with Crippen molar-refractivity contribution in [2.24, 2.45) is 0 Å². The second kappa shape index (κ2) is 3.10. The van der Waals surface area contributed by atoms with Crippen molar-refractivity contribution in [3.63, 3.8) is 0 Å². The zero-order valence-corrected chi connectivity index (χ0v) is 6.41. The van der Waals surface area contributed by atoms with Crippen molar-refractivity contribution < 1.29 is 9.32 Å². The minimum atomic E-state index is -0.0615. The Kier molecular flexibility index (Phi) is 1.79. The number of rotatable bonds is 2. The highest BCUT2D eigenvalue weighted by Crippen LogP contribution is 2.09. The highest BCUT2D eigenvalue weighted by atomic mass is 16.5. The van der Waals surface area contributed by atoms with Crippen LogP contribution in [-0.2, 0) is 0 Å². The third kappa shape index (κ3) is 1.41. The number of aromatic nitrogens is 4. The summed E-state index contributed by atoms with van der Waals surface area (Å²) in [5, 5.41) is 3.55. The molecule has 0 amide bonds. The van der Waals surface area contributed by atoms with Gasteiger partial charge in [0.1, 0.15) is 12.0 Å². The number of carbonyl (C=O) groups excluding carboxylic acids is 1. The van der Waals surface area contributed by atoms with E-state index in [0.717, 1.165) is 0 Å². The molecule has 0 N–H and O–H groups in total. The predicted molar refractivity (Wildman–Crippen MR) is 40.7 cm³/mol. The maximum Gasteiger partial charge on any atom is 0.291 e. The number of nitrogens with zero attached hydrogens (tertiary/aromatic N) is 4. The lowest BCUT2D eigenvalue weighted by Gasteiger charge is -1.87. The predicted octanol–water partition coefficient (Wildman–Crippen LogP) is 0.339. The van der Waals surface area contributed by atoms with Crippen LogP contribution >= 0.6 is 0 Å². The molecule has 0 bridgehead atoms. The number of carbonyl (C=O) groups is 1. The van der Waals surface area contributed by atoms with Gasteiger partial charge >= 0.3 is 0 Å². The smallest absolute Gasteiger partial charge is 0.291 e. The van der Waals surface area contributed by atoms with Crippen molar-refractivity contribution >= 4 is 6.29 Å². The van der Waals surface area contributed by atoms with E-state index in [4.69, 9.17) is 0 Å². The van der Waals surface area contributed by atoms with Crippen molar-refractivity contribution in [2.45, 2.75) is 0 Å². The van der Waals surface area contributed by atoms with Crippen molar-refractivity contribution in [1.29, 1.82) is 0 Å². The van der Waals surface area contributed by atoms with Gasteiger partial charge in [0.25, 0.3) is 5.89 Å². The fraction of sp³-hybridized carbons (Fsp3) is 0. The molecular formula is C7H4N4O2. The Morgan fingerprint density at radius 2 is 2.38 bits per heavy atom. The van der Waals surface area contributed by atoms with Crippen LogP contribution in [-0.4, -0.2) is 26.4 Å². The van der Waals surface area contributed by atoms with Gasteiger partial charge in [-0.1, -0.05) is 5.16 Å². The minimum absolute atomic E-state index is 0.0615. The maximum absolute atomic E-state index is 10.2. The SMILES string of the molecule is O=Cc1nc(-c2ccncn2)no1. The second-order valence-corrected chi connectivity index (χ2v) is 2.17. The summed E-state index contributed by atoms with van der Waals surface area (Å²) in [6.07, 6.45) is 3.41. The zero-order chi connectivity index (χ0) is 9.10. The van der Waals surface area contributed by atoms with Gasteiger partial charge in [-0.25, -0.2) is 9.97 Å². The molecule has 0 atom stereocenters. The van der Waals surface area contributed by atoms with Crippen molar-refractivity contribution in [2.75, 3.05) is 0 Å². The molecule has 0 unspecified atom stereocenters. The molecule has 2 rings (SSSR count). The first-order valence-electron chi connectivity index (χ1n) is 3.45. The molecule has 6 nitrogen and oxygen atoms in total. The molecule has 0 radical (unpaired) electrons. The third-order valence-corrected chi connectivity index (χ3v) is 1.35. The van der Waals surface area contributed by atoms with Crippen molar-refractivity contribution in [3.05, 3.63) is 24.5 Å². The molecule has 0 aliphatic carbocycles. The summed E-state index contributed by atoms with van der Waals surface area (Å²) in [7, 11) is 0. The lowest BCUT2D eigenvalue weighted by Crippen LogP contribution is -1.86. The normalized spacial score (nSPS) is 9.85. The first kappa shape index (κ1) is 7.53. The standard InChI is InChI=1S/C7H4N4O2/c12-3-6-10-7(11-13-6)5-1-2-8-4-9-5/h1-4H. The Balaban J connectivity index is 2.41. The van der Waals surface area contributed by atoms with Gasteiger partial charge < -0.3 is 4.52 Å². The van der Waals surface area contributed by atoms with Gasteiger partial charge in [0.05, 0.1) is 0 Å². The molecule has 2 aromatic rings. The highest BCUT2D eigenvalue weighted by molar-refractivity contribution is 5.68. The van der Waals surface area contributed by atoms with Gasteiger partial charge in [0, 0.05) is 6.20 Å². The Labute approximate surface area is 72.6 Å². The quantitative estimate of drug-likeness (QED) is 0.613. The van der Waals surface area contributed by atoms with Crippen LogP contribution in [0.5, 0.6) is 0 Å². The van der Waals surface area contributed by atoms with Gasteiger partial charge in [-0.05, 0) is 6.07 Å². The molecule has 2 heterocycles. The molecular weight excluding hydrogens is 172 g/mol. The summed E-state index contributed by atoms with van der Waals surface area (Å²) in [5.41, 5.74) is 0.520. The van der Waals surface area contributed by atoms with E-state index < -0.39 is 0 Å². The van der Waals surface area contributed by atoms with E-state index in [9.17, 15) is 4.79 Å². The average molecular weight is 176 g/mol. The van der Waals surface area contributed by atoms with Crippen molar-refractivity contribution in [3.8, 4) is 11.5 Å². The lowest BCUT2D eigenvalue weighted by atomic mass is 10.4. The number of hydrogen-bond donors (Lipinski definition) is 0. The van der Waals surface area contributed by atoms with E-state index in [0.29, 0.717) is 12.0 Å². The largest absolute Gasteiger partial charge is 0.331 e. The van der Waals surface area contributed by atoms with Crippen LogP contribution in [0.1, 0.15) is 10.7 Å². The van der Waals surface area contributed by atoms with E-state index in [2.05, 4.69) is 24.6 Å². The number of aldehydes is 1. The first-order chi connectivity index (χ1) is 6.40. The highest BCUT2D eigenvalue weighted by Gasteiger charge is 2.07. The summed E-state index contributed by atoms with van der Waals surface area (Å²) in [4.78, 5) is 21.6. The van der Waals surface area contributed by atoms with Crippen LogP contribution in [0.4, 0.5) is 0 Å². The molecule has 0 saturated carbocycles. The van der Waals surface area contributed by atoms with Gasteiger partial charge in [-0.15, -0.1) is 0 Å². The molecule has 64 valence electrons. The van der Waals surface area contributed by atoms with Crippen LogP contribution in [0.15, 0.2) is 23.1 Å². The topological polar surface area (TPSA) is 81.8 Å². The summed E-state index contributed by atoms with van der Waals surface area (Å²) < 4.78 is 4.58. The van der Waals surface area contributed by atoms with E-state index in [1.807, 2.05) is 0 Å². The minimum Gasteiger partial charge on any atom is -0.331 e. The van der Waals surface area contributed by atoms with Gasteiger partial charge in [-0.3, -0.25) is 4.79 Å². The van der Waals surface area contributed by atoms with E-state index in [1.54, 1.807) is 12.3 Å². The number of hydrogen-bond acceptors (Lipinski definition) is 6. The molecule has 0 aromatic carbocycles. The molecule has 13 heavy (non-hydrogen) atoms. The molecule has 6 heteroatoms. The van der Waals surface area contributed by atoms with Crippen LogP contribution < -0.4 is 0 Å². The van der Waals surface area contributed by atoms with E-state index in [-0.39, 0.29) is 11.7 Å². The summed E-state index contributed by atoms with van der Waals surface area (Å²) >= 11 is 0. The van der Waals surface area contributed by atoms with Crippen LogP contribution in [0.2, 0.25) is 0 Å². The van der Waals surface area contributed by atoms with Crippen LogP contribution in [0.25, 0.3) is 11.5 Å². The molecule has 0 aliphatic heterocycles. The fourth-order valence-electron chi connectivity index (χ4n) is 0.810. The summed E-state index contributed by atoms with van der Waals surface area (Å²) in [6.45, 7) is 0. The van der Waals surface area contributed by atoms with E-state index >= 15 is 0 Å². The molecule has 0 spiro atoms. The van der Waals surface area contributed by atoms with Gasteiger partial charge in [0.15, 0.2) is 0 Å². The van der Waals surface area contributed by atoms with Gasteiger partial charge in [-0.2, -0.15) is 4.98 Å². The second-order valence-electron chi connectivity index (χ2n) is 2.17. The van der Waals surface area contributed by atoms with Crippen LogP contribution in [0, 0.1) is 0 Å².